The zero-order chi connectivity index (χ0) is 6.78. The number of rotatable bonds is 2. The van der Waals surface area contributed by atoms with Gasteiger partial charge in [-0.25, -0.2) is 0 Å². The highest BCUT2D eigenvalue weighted by molar-refractivity contribution is 7.91. The highest BCUT2D eigenvalue weighted by atomic mass is 32.3. The molecule has 0 bridgehead atoms. The highest BCUT2D eigenvalue weighted by Crippen LogP contribution is 1.86. The van der Waals surface area contributed by atoms with Crippen LogP contribution in [0.15, 0.2) is 0 Å². The minimum absolute atomic E-state index is 2.97. The average molecular weight is 162 g/mol. The first kappa shape index (κ1) is 7.98. The maximum atomic E-state index is 9.42. The molecule has 0 aromatic heterocycles. The van der Waals surface area contributed by atoms with E-state index >= 15 is 0 Å². The van der Waals surface area contributed by atoms with Crippen molar-refractivity contribution in [3.8, 4) is 0 Å². The van der Waals surface area contributed by atoms with E-state index in [1.165, 1.54) is 0 Å². The number of hydrogen-bond donors (Lipinski definition) is 2. The van der Waals surface area contributed by atoms with Gasteiger partial charge < -0.3 is 0 Å². The van der Waals surface area contributed by atoms with Crippen LogP contribution in [0.3, 0.4) is 0 Å². The van der Waals surface area contributed by atoms with Gasteiger partial charge in [-0.15, -0.1) is 3.63 Å². The van der Waals surface area contributed by atoms with Gasteiger partial charge in [-0.2, -0.15) is 12.6 Å². The summed E-state index contributed by atoms with van der Waals surface area (Å²) in [6, 6.07) is 0. The molecule has 1 atom stereocenters. The van der Waals surface area contributed by atoms with Crippen LogP contribution in [0.2, 0.25) is 0 Å². The normalized spacial score (nSPS) is 15.8. The van der Waals surface area contributed by atoms with Gasteiger partial charge in [-0.05, 0) is 0 Å². The molecule has 0 aliphatic heterocycles. The quantitative estimate of drug-likeness (QED) is 0.396. The van der Waals surface area contributed by atoms with E-state index in [1.807, 2.05) is 0 Å². The van der Waals surface area contributed by atoms with Crippen LogP contribution in [-0.2, 0) is 25.4 Å². The van der Waals surface area contributed by atoms with Gasteiger partial charge in [0, 0.05) is 0 Å². The summed E-state index contributed by atoms with van der Waals surface area (Å²) in [5.74, 6) is 0. The summed E-state index contributed by atoms with van der Waals surface area (Å²) < 4.78 is 46.4. The molecule has 1 unspecified atom stereocenters. The zero-order valence-corrected chi connectivity index (χ0v) is 4.98. The molecule has 0 fully saturated rings. The summed E-state index contributed by atoms with van der Waals surface area (Å²) in [4.78, 5) is 0. The molecule has 6 nitrogen and oxygen atoms in total. The van der Waals surface area contributed by atoms with Crippen molar-refractivity contribution < 1.29 is 25.4 Å². The maximum absolute atomic E-state index is 9.42. The molecule has 0 spiro atoms. The Kier molecular flexibility index (Phi) is 2.50. The van der Waals surface area contributed by atoms with Crippen LogP contribution in [0.4, 0.5) is 0 Å². The standard InChI is InChI=1S/H2O6S2/c1-7(2)6-8(3,4)5/h(H,1,2)(H,3,4,5). The van der Waals surface area contributed by atoms with Gasteiger partial charge in [0.2, 0.25) is 0 Å². The Bertz CT molecular complexity index is 173. The smallest absolute Gasteiger partial charge is 0.283 e. The average Bonchev–Trinajstić information content (AvgIpc) is 1.21. The summed E-state index contributed by atoms with van der Waals surface area (Å²) in [5, 5.41) is 0. The molecule has 0 aromatic carbocycles. The highest BCUT2D eigenvalue weighted by Gasteiger charge is 2.07. The molecule has 8 heavy (non-hydrogen) atoms. The van der Waals surface area contributed by atoms with E-state index in [9.17, 15) is 12.6 Å². The Labute approximate surface area is 47.9 Å². The molecule has 0 aromatic rings. The molecular weight excluding hydrogens is 160 g/mol. The van der Waals surface area contributed by atoms with E-state index in [2.05, 4.69) is 3.63 Å². The van der Waals surface area contributed by atoms with Crippen LogP contribution in [0, 0.1) is 0 Å². The SMILES string of the molecule is O=S(O)OS(=O)(=O)O. The van der Waals surface area contributed by atoms with Gasteiger partial charge >= 0.3 is 21.8 Å². The fourth-order valence-electron chi connectivity index (χ4n) is 0.0736. The minimum Gasteiger partial charge on any atom is -0.283 e. The van der Waals surface area contributed by atoms with Crippen molar-refractivity contribution in [2.75, 3.05) is 0 Å². The van der Waals surface area contributed by atoms with Crippen LogP contribution in [-0.4, -0.2) is 21.7 Å². The van der Waals surface area contributed by atoms with Gasteiger partial charge in [-0.1, -0.05) is 0 Å². The summed E-state index contributed by atoms with van der Waals surface area (Å²) in [7, 11) is -4.77. The molecule has 50 valence electrons. The van der Waals surface area contributed by atoms with Crippen LogP contribution >= 0.6 is 0 Å². The lowest BCUT2D eigenvalue weighted by molar-refractivity contribution is 0.376. The molecule has 0 saturated carbocycles. The van der Waals surface area contributed by atoms with E-state index in [-0.39, 0.29) is 0 Å². The fourth-order valence-corrected chi connectivity index (χ4v) is 0.662. The lowest BCUT2D eigenvalue weighted by Gasteiger charge is -1.86. The molecule has 0 rings (SSSR count). The third-order valence-corrected chi connectivity index (χ3v) is 1.30. The fraction of sp³-hybridized carbons (Fsp3) is 0. The molecule has 8 heteroatoms. The van der Waals surface area contributed by atoms with Gasteiger partial charge in [0.05, 0.1) is 0 Å². The van der Waals surface area contributed by atoms with E-state index < -0.39 is 21.8 Å². The van der Waals surface area contributed by atoms with E-state index in [0.29, 0.717) is 0 Å². The first-order chi connectivity index (χ1) is 3.42. The monoisotopic (exact) mass is 162 g/mol. The van der Waals surface area contributed by atoms with Crippen molar-refractivity contribution in [2.24, 2.45) is 0 Å². The topological polar surface area (TPSA) is 101 Å². The summed E-state index contributed by atoms with van der Waals surface area (Å²) in [6.45, 7) is 0. The summed E-state index contributed by atoms with van der Waals surface area (Å²) >= 11 is -2.97. The van der Waals surface area contributed by atoms with Crippen LogP contribution in [0.1, 0.15) is 0 Å². The van der Waals surface area contributed by atoms with Crippen molar-refractivity contribution in [3.05, 3.63) is 0 Å². The lowest BCUT2D eigenvalue weighted by Crippen LogP contribution is -2.04. The Balaban J connectivity index is 3.95. The van der Waals surface area contributed by atoms with Crippen molar-refractivity contribution in [2.45, 2.75) is 0 Å². The first-order valence-corrected chi connectivity index (χ1v) is 3.60. The lowest BCUT2D eigenvalue weighted by atomic mass is 15.8. The predicted molar refractivity (Wildman–Crippen MR) is 23.4 cm³/mol. The van der Waals surface area contributed by atoms with E-state index in [1.54, 1.807) is 0 Å². The predicted octanol–water partition coefficient (Wildman–Crippen LogP) is -1.06. The molecule has 0 aliphatic carbocycles. The molecule has 2 N–H and O–H groups in total. The largest absolute Gasteiger partial charge is 0.412 e. The number of hydrogen-bond acceptors (Lipinski definition) is 4. The maximum Gasteiger partial charge on any atom is 0.412 e. The Hall–Kier alpha value is -0.0200. The van der Waals surface area contributed by atoms with E-state index in [4.69, 9.17) is 9.11 Å². The second-order valence-corrected chi connectivity index (χ2v) is 2.55. The van der Waals surface area contributed by atoms with Gasteiger partial charge in [0.1, 0.15) is 0 Å². The Morgan fingerprint density at radius 3 is 1.88 bits per heavy atom. The molecular formula is H2O6S2. The van der Waals surface area contributed by atoms with Crippen molar-refractivity contribution >= 4 is 21.8 Å². The minimum atomic E-state index is -4.77. The summed E-state index contributed by atoms with van der Waals surface area (Å²) in [5.41, 5.74) is 0. The summed E-state index contributed by atoms with van der Waals surface area (Å²) in [6.07, 6.45) is 0. The van der Waals surface area contributed by atoms with E-state index in [0.717, 1.165) is 0 Å². The van der Waals surface area contributed by atoms with Crippen molar-refractivity contribution in [3.63, 3.8) is 0 Å². The van der Waals surface area contributed by atoms with Gasteiger partial charge in [0.25, 0.3) is 0 Å². The van der Waals surface area contributed by atoms with Crippen LogP contribution in [0.25, 0.3) is 0 Å². The second-order valence-electron chi connectivity index (χ2n) is 0.713. The van der Waals surface area contributed by atoms with Gasteiger partial charge in [-0.3, -0.25) is 9.11 Å². The third-order valence-electron chi connectivity index (χ3n) is 0.144. The second kappa shape index (κ2) is 2.51. The molecule has 0 heterocycles. The molecule has 0 amide bonds. The molecule has 0 saturated heterocycles. The molecule has 0 aliphatic rings. The molecule has 0 radical (unpaired) electrons. The van der Waals surface area contributed by atoms with Crippen LogP contribution < -0.4 is 0 Å². The zero-order valence-electron chi connectivity index (χ0n) is 3.34. The third kappa shape index (κ3) is 5.98. The Morgan fingerprint density at radius 1 is 1.50 bits per heavy atom. The van der Waals surface area contributed by atoms with Crippen LogP contribution in [0.5, 0.6) is 0 Å². The van der Waals surface area contributed by atoms with Crippen molar-refractivity contribution in [1.29, 1.82) is 0 Å². The first-order valence-electron chi connectivity index (χ1n) is 1.20. The van der Waals surface area contributed by atoms with Crippen molar-refractivity contribution in [1.82, 2.24) is 0 Å². The van der Waals surface area contributed by atoms with Gasteiger partial charge in [0.15, 0.2) is 0 Å². The Morgan fingerprint density at radius 2 is 1.88 bits per heavy atom.